The Bertz CT molecular complexity index is 572. The Hall–Kier alpha value is -2.25. The number of piperidine rings is 1. The molecule has 0 radical (unpaired) electrons. The Morgan fingerprint density at radius 3 is 2.50 bits per heavy atom. The summed E-state index contributed by atoms with van der Waals surface area (Å²) in [5.74, 6) is -4.80. The Morgan fingerprint density at radius 2 is 1.91 bits per heavy atom. The van der Waals surface area contributed by atoms with Gasteiger partial charge in [0.25, 0.3) is 0 Å². The summed E-state index contributed by atoms with van der Waals surface area (Å²) in [4.78, 5) is 24.4. The van der Waals surface area contributed by atoms with Gasteiger partial charge in [0, 0.05) is 37.3 Å². The van der Waals surface area contributed by atoms with Crippen molar-refractivity contribution in [1.29, 1.82) is 0 Å². The molecule has 0 spiro atoms. The van der Waals surface area contributed by atoms with Crippen molar-refractivity contribution in [3.8, 4) is 0 Å². The molecule has 1 saturated heterocycles. The molecule has 8 heteroatoms. The zero-order valence-corrected chi connectivity index (χ0v) is 11.7. The molecule has 3 N–H and O–H groups in total. The predicted molar refractivity (Wildman–Crippen MR) is 73.4 cm³/mol. The van der Waals surface area contributed by atoms with Crippen molar-refractivity contribution in [2.75, 3.05) is 18.4 Å². The Balaban J connectivity index is 2.01. The number of benzene rings is 1. The van der Waals surface area contributed by atoms with Crippen LogP contribution in [0, 0.1) is 23.4 Å². The van der Waals surface area contributed by atoms with Gasteiger partial charge in [-0.1, -0.05) is 0 Å². The van der Waals surface area contributed by atoms with Crippen molar-refractivity contribution in [1.82, 2.24) is 4.90 Å². The molecule has 1 aromatic rings. The molecular formula is C14H16F3N3O2. The predicted octanol–water partition coefficient (Wildman–Crippen LogP) is 2.22. The van der Waals surface area contributed by atoms with Gasteiger partial charge in [-0.25, -0.2) is 18.0 Å². The summed E-state index contributed by atoms with van der Waals surface area (Å²) in [5.41, 5.74) is 4.97. The molecule has 1 aromatic carbocycles. The van der Waals surface area contributed by atoms with E-state index in [0.717, 1.165) is 6.42 Å². The topological polar surface area (TPSA) is 75.4 Å². The number of anilines is 1. The molecule has 1 aliphatic heterocycles. The van der Waals surface area contributed by atoms with Crippen molar-refractivity contribution in [2.24, 2.45) is 11.7 Å². The summed E-state index contributed by atoms with van der Waals surface area (Å²) >= 11 is 0. The first kappa shape index (κ1) is 16.1. The molecule has 1 fully saturated rings. The van der Waals surface area contributed by atoms with Gasteiger partial charge in [-0.3, -0.25) is 4.79 Å². The van der Waals surface area contributed by atoms with E-state index in [1.54, 1.807) is 0 Å². The minimum atomic E-state index is -1.59. The highest BCUT2D eigenvalue weighted by Gasteiger charge is 2.25. The van der Waals surface area contributed by atoms with Crippen LogP contribution < -0.4 is 11.1 Å². The Morgan fingerprint density at radius 1 is 1.27 bits per heavy atom. The molecule has 0 bridgehead atoms. The van der Waals surface area contributed by atoms with Gasteiger partial charge >= 0.3 is 6.03 Å². The molecule has 22 heavy (non-hydrogen) atoms. The number of nitrogens with zero attached hydrogens (tertiary/aromatic N) is 1. The van der Waals surface area contributed by atoms with Crippen LogP contribution in [-0.4, -0.2) is 29.9 Å². The molecule has 5 nitrogen and oxygen atoms in total. The summed E-state index contributed by atoms with van der Waals surface area (Å²) in [5, 5.41) is 2.32. The minimum Gasteiger partial charge on any atom is -0.370 e. The number of amides is 3. The first-order chi connectivity index (χ1) is 10.4. The summed E-state index contributed by atoms with van der Waals surface area (Å²) in [6.45, 7) is 0.800. The molecule has 0 aliphatic carbocycles. The third-order valence-corrected chi connectivity index (χ3v) is 3.53. The lowest BCUT2D eigenvalue weighted by Crippen LogP contribution is -2.43. The van der Waals surface area contributed by atoms with Crippen molar-refractivity contribution < 1.29 is 22.8 Å². The highest BCUT2D eigenvalue weighted by Crippen LogP contribution is 2.21. The van der Waals surface area contributed by atoms with Gasteiger partial charge < -0.3 is 16.0 Å². The number of nitrogens with two attached hydrogens (primary N) is 1. The van der Waals surface area contributed by atoms with Gasteiger partial charge in [-0.05, 0) is 18.8 Å². The minimum absolute atomic E-state index is 0.0290. The van der Waals surface area contributed by atoms with E-state index < -0.39 is 29.4 Å². The maximum Gasteiger partial charge on any atom is 0.321 e. The molecule has 1 atom stereocenters. The van der Waals surface area contributed by atoms with E-state index in [1.165, 1.54) is 4.90 Å². The lowest BCUT2D eigenvalue weighted by Gasteiger charge is -2.32. The van der Waals surface area contributed by atoms with Crippen LogP contribution >= 0.6 is 0 Å². The third kappa shape index (κ3) is 3.90. The van der Waals surface area contributed by atoms with Gasteiger partial charge in [0.15, 0.2) is 17.5 Å². The van der Waals surface area contributed by atoms with E-state index in [0.29, 0.717) is 31.6 Å². The molecule has 1 aliphatic rings. The monoisotopic (exact) mass is 315 g/mol. The number of nitrogens with one attached hydrogen (secondary N) is 1. The normalized spacial score (nSPS) is 18.1. The standard InChI is InChI=1S/C14H16F3N3O2/c15-10-5-9(6-11(16)13(10)17)19-14(22)20-3-1-2-8(7-20)4-12(18)21/h5-6,8H,1-4,7H2,(H2,18,21)(H,19,22)/t8-/m1/s1. The van der Waals surface area contributed by atoms with Crippen molar-refractivity contribution in [3.63, 3.8) is 0 Å². The van der Waals surface area contributed by atoms with Gasteiger partial charge in [-0.15, -0.1) is 0 Å². The van der Waals surface area contributed by atoms with Crippen LogP contribution in [0.2, 0.25) is 0 Å². The third-order valence-electron chi connectivity index (χ3n) is 3.53. The number of likely N-dealkylation sites (tertiary alicyclic amines) is 1. The first-order valence-corrected chi connectivity index (χ1v) is 6.85. The van der Waals surface area contributed by atoms with Crippen LogP contribution in [0.15, 0.2) is 12.1 Å². The Labute approximate surface area is 125 Å². The van der Waals surface area contributed by atoms with Crippen LogP contribution in [0.25, 0.3) is 0 Å². The van der Waals surface area contributed by atoms with E-state index in [2.05, 4.69) is 5.32 Å². The van der Waals surface area contributed by atoms with E-state index in [-0.39, 0.29) is 18.0 Å². The van der Waals surface area contributed by atoms with Crippen molar-refractivity contribution in [3.05, 3.63) is 29.6 Å². The number of carbonyl (C=O) groups is 2. The highest BCUT2D eigenvalue weighted by molar-refractivity contribution is 5.89. The SMILES string of the molecule is NC(=O)C[C@H]1CCCN(C(=O)Nc2cc(F)c(F)c(F)c2)C1. The number of primary amides is 1. The van der Waals surface area contributed by atoms with Crippen LogP contribution in [0.3, 0.4) is 0 Å². The fourth-order valence-corrected chi connectivity index (χ4v) is 2.53. The van der Waals surface area contributed by atoms with Crippen molar-refractivity contribution >= 4 is 17.6 Å². The maximum atomic E-state index is 13.1. The molecule has 2 rings (SSSR count). The molecule has 0 unspecified atom stereocenters. The van der Waals surface area contributed by atoms with E-state index in [9.17, 15) is 22.8 Å². The van der Waals surface area contributed by atoms with Crippen molar-refractivity contribution in [2.45, 2.75) is 19.3 Å². The number of hydrogen-bond donors (Lipinski definition) is 2. The largest absolute Gasteiger partial charge is 0.370 e. The van der Waals surface area contributed by atoms with E-state index in [1.807, 2.05) is 0 Å². The molecule has 0 aromatic heterocycles. The number of rotatable bonds is 3. The average Bonchev–Trinajstić information content (AvgIpc) is 2.44. The molecule has 0 saturated carbocycles. The second-order valence-electron chi connectivity index (χ2n) is 5.31. The second-order valence-corrected chi connectivity index (χ2v) is 5.31. The van der Waals surface area contributed by atoms with Gasteiger partial charge in [-0.2, -0.15) is 0 Å². The lowest BCUT2D eigenvalue weighted by atomic mass is 9.95. The lowest BCUT2D eigenvalue weighted by molar-refractivity contribution is -0.119. The highest BCUT2D eigenvalue weighted by atomic mass is 19.2. The van der Waals surface area contributed by atoms with E-state index in [4.69, 9.17) is 5.73 Å². The van der Waals surface area contributed by atoms with Crippen LogP contribution in [0.4, 0.5) is 23.7 Å². The number of hydrogen-bond acceptors (Lipinski definition) is 2. The number of carbonyl (C=O) groups excluding carboxylic acids is 2. The molecular weight excluding hydrogens is 299 g/mol. The smallest absolute Gasteiger partial charge is 0.321 e. The van der Waals surface area contributed by atoms with Crippen LogP contribution in [-0.2, 0) is 4.79 Å². The maximum absolute atomic E-state index is 13.1. The van der Waals surface area contributed by atoms with Gasteiger partial charge in [0.2, 0.25) is 5.91 Å². The summed E-state index contributed by atoms with van der Waals surface area (Å²) < 4.78 is 39.1. The summed E-state index contributed by atoms with van der Waals surface area (Å²) in [6, 6.07) is 0.863. The first-order valence-electron chi connectivity index (χ1n) is 6.85. The molecule has 1 heterocycles. The zero-order chi connectivity index (χ0) is 16.3. The summed E-state index contributed by atoms with van der Waals surface area (Å²) in [6.07, 6.45) is 1.67. The van der Waals surface area contributed by atoms with Crippen LogP contribution in [0.1, 0.15) is 19.3 Å². The van der Waals surface area contributed by atoms with Gasteiger partial charge in [0.05, 0.1) is 0 Å². The fraction of sp³-hybridized carbons (Fsp3) is 0.429. The number of halogens is 3. The quantitative estimate of drug-likeness (QED) is 0.839. The van der Waals surface area contributed by atoms with Crippen LogP contribution in [0.5, 0.6) is 0 Å². The van der Waals surface area contributed by atoms with Gasteiger partial charge in [0.1, 0.15) is 0 Å². The zero-order valence-electron chi connectivity index (χ0n) is 11.7. The summed E-state index contributed by atoms with van der Waals surface area (Å²) in [7, 11) is 0. The average molecular weight is 315 g/mol. The second kappa shape index (κ2) is 6.67. The molecule has 3 amide bonds. The molecule has 120 valence electrons. The fourth-order valence-electron chi connectivity index (χ4n) is 2.53. The number of urea groups is 1. The van der Waals surface area contributed by atoms with E-state index >= 15 is 0 Å². The Kier molecular flexibility index (Phi) is 4.89.